The van der Waals surface area contributed by atoms with Gasteiger partial charge in [0.2, 0.25) is 6.79 Å². The summed E-state index contributed by atoms with van der Waals surface area (Å²) < 4.78 is 26.4. The number of benzene rings is 2. The standard InChI is InChI=1S/C22H22ClNO7/c1-4-28-19-10-14(9-16(23)21(19)27-3)5-8-20(25)31-13(2)22(26)24-15-6-7-17-18(11-15)30-12-29-17/h5-11,13H,4,12H2,1-3H3,(H,24,26)/b8-5+. The van der Waals surface area contributed by atoms with Crippen LogP contribution in [0.4, 0.5) is 5.69 Å². The van der Waals surface area contributed by atoms with Crippen LogP contribution in [-0.4, -0.2) is 38.5 Å². The van der Waals surface area contributed by atoms with Crippen molar-refractivity contribution in [1.82, 2.24) is 0 Å². The topological polar surface area (TPSA) is 92.3 Å². The van der Waals surface area contributed by atoms with Gasteiger partial charge in [0, 0.05) is 17.8 Å². The van der Waals surface area contributed by atoms with E-state index in [0.29, 0.717) is 45.9 Å². The second kappa shape index (κ2) is 10.1. The third-order valence-electron chi connectivity index (χ3n) is 4.25. The van der Waals surface area contributed by atoms with Crippen molar-refractivity contribution in [3.05, 3.63) is 47.0 Å². The van der Waals surface area contributed by atoms with Crippen molar-refractivity contribution in [3.63, 3.8) is 0 Å². The van der Waals surface area contributed by atoms with E-state index in [1.165, 1.54) is 26.2 Å². The molecule has 0 bridgehead atoms. The Morgan fingerprint density at radius 3 is 2.74 bits per heavy atom. The summed E-state index contributed by atoms with van der Waals surface area (Å²) in [4.78, 5) is 24.5. The van der Waals surface area contributed by atoms with Crippen LogP contribution in [0.1, 0.15) is 19.4 Å². The zero-order valence-electron chi connectivity index (χ0n) is 17.3. The molecule has 0 saturated heterocycles. The summed E-state index contributed by atoms with van der Waals surface area (Å²) in [7, 11) is 1.49. The van der Waals surface area contributed by atoms with Crippen molar-refractivity contribution in [2.75, 3.05) is 25.8 Å². The molecule has 9 heteroatoms. The fraction of sp³-hybridized carbons (Fsp3) is 0.273. The molecule has 2 aromatic rings. The van der Waals surface area contributed by atoms with Crippen LogP contribution in [0.5, 0.6) is 23.0 Å². The number of halogens is 1. The van der Waals surface area contributed by atoms with Gasteiger partial charge < -0.3 is 29.0 Å². The number of hydrogen-bond donors (Lipinski definition) is 1. The molecule has 8 nitrogen and oxygen atoms in total. The maximum atomic E-state index is 12.3. The second-order valence-electron chi connectivity index (χ2n) is 6.44. The number of ether oxygens (including phenoxy) is 5. The Kier molecular flexibility index (Phi) is 7.25. The Labute approximate surface area is 184 Å². The first kappa shape index (κ1) is 22.3. The van der Waals surface area contributed by atoms with Crippen LogP contribution >= 0.6 is 11.6 Å². The molecule has 2 aromatic carbocycles. The molecule has 3 rings (SSSR count). The SMILES string of the molecule is CCOc1cc(/C=C/C(=O)OC(C)C(=O)Nc2ccc3c(c2)OCO3)cc(Cl)c1OC. The number of carbonyl (C=O) groups is 2. The smallest absolute Gasteiger partial charge is 0.331 e. The molecule has 31 heavy (non-hydrogen) atoms. The van der Waals surface area contributed by atoms with Crippen molar-refractivity contribution >= 4 is 35.2 Å². The van der Waals surface area contributed by atoms with Gasteiger partial charge in [0.05, 0.1) is 18.7 Å². The molecule has 0 aromatic heterocycles. The molecule has 1 unspecified atom stereocenters. The van der Waals surface area contributed by atoms with E-state index in [1.54, 1.807) is 30.3 Å². The number of amides is 1. The first-order valence-corrected chi connectivity index (χ1v) is 9.88. The second-order valence-corrected chi connectivity index (χ2v) is 6.84. The minimum atomic E-state index is -1.01. The van der Waals surface area contributed by atoms with Crippen LogP contribution in [-0.2, 0) is 14.3 Å². The van der Waals surface area contributed by atoms with Gasteiger partial charge in [0.15, 0.2) is 29.1 Å². The molecule has 0 aliphatic carbocycles. The lowest BCUT2D eigenvalue weighted by molar-refractivity contribution is -0.148. The van der Waals surface area contributed by atoms with Gasteiger partial charge in [-0.2, -0.15) is 0 Å². The Morgan fingerprint density at radius 1 is 1.23 bits per heavy atom. The van der Waals surface area contributed by atoms with Crippen LogP contribution in [0.15, 0.2) is 36.4 Å². The quantitative estimate of drug-likeness (QED) is 0.482. The lowest BCUT2D eigenvalue weighted by Crippen LogP contribution is -2.29. The van der Waals surface area contributed by atoms with E-state index in [2.05, 4.69) is 5.32 Å². The number of fused-ring (bicyclic) bond motifs is 1. The van der Waals surface area contributed by atoms with Gasteiger partial charge in [-0.25, -0.2) is 4.79 Å². The lowest BCUT2D eigenvalue weighted by atomic mass is 10.2. The predicted molar refractivity (Wildman–Crippen MR) is 115 cm³/mol. The third kappa shape index (κ3) is 5.61. The highest BCUT2D eigenvalue weighted by molar-refractivity contribution is 6.32. The summed E-state index contributed by atoms with van der Waals surface area (Å²) >= 11 is 6.20. The largest absolute Gasteiger partial charge is 0.491 e. The number of hydrogen-bond acceptors (Lipinski definition) is 7. The van der Waals surface area contributed by atoms with E-state index < -0.39 is 18.0 Å². The fourth-order valence-corrected chi connectivity index (χ4v) is 3.09. The molecule has 0 radical (unpaired) electrons. The molecular weight excluding hydrogens is 426 g/mol. The molecule has 1 N–H and O–H groups in total. The van der Waals surface area contributed by atoms with E-state index >= 15 is 0 Å². The number of anilines is 1. The molecule has 0 spiro atoms. The number of carbonyl (C=O) groups excluding carboxylic acids is 2. The highest BCUT2D eigenvalue weighted by atomic mass is 35.5. The van der Waals surface area contributed by atoms with Crippen LogP contribution in [0, 0.1) is 0 Å². The van der Waals surface area contributed by atoms with Crippen molar-refractivity contribution < 1.29 is 33.3 Å². The zero-order valence-corrected chi connectivity index (χ0v) is 18.0. The molecule has 1 aliphatic heterocycles. The minimum Gasteiger partial charge on any atom is -0.491 e. The summed E-state index contributed by atoms with van der Waals surface area (Å²) in [5, 5.41) is 3.01. The molecular formula is C22H22ClNO7. The highest BCUT2D eigenvalue weighted by Crippen LogP contribution is 2.37. The van der Waals surface area contributed by atoms with Gasteiger partial charge in [-0.1, -0.05) is 11.6 Å². The number of esters is 1. The molecule has 1 atom stereocenters. The molecule has 164 valence electrons. The Bertz CT molecular complexity index is 1010. The van der Waals surface area contributed by atoms with Crippen LogP contribution in [0.3, 0.4) is 0 Å². The number of nitrogens with one attached hydrogen (secondary N) is 1. The molecule has 1 heterocycles. The van der Waals surface area contributed by atoms with Gasteiger partial charge in [-0.15, -0.1) is 0 Å². The maximum Gasteiger partial charge on any atom is 0.331 e. The van der Waals surface area contributed by atoms with Crippen LogP contribution < -0.4 is 24.3 Å². The number of rotatable bonds is 8. The Balaban J connectivity index is 1.59. The Morgan fingerprint density at radius 2 is 2.00 bits per heavy atom. The van der Waals surface area contributed by atoms with Gasteiger partial charge in [0.25, 0.3) is 5.91 Å². The van der Waals surface area contributed by atoms with Crippen molar-refractivity contribution in [3.8, 4) is 23.0 Å². The van der Waals surface area contributed by atoms with Crippen molar-refractivity contribution in [2.24, 2.45) is 0 Å². The maximum absolute atomic E-state index is 12.3. The van der Waals surface area contributed by atoms with Crippen molar-refractivity contribution in [2.45, 2.75) is 20.0 Å². The van der Waals surface area contributed by atoms with E-state index in [0.717, 1.165) is 0 Å². The summed E-state index contributed by atoms with van der Waals surface area (Å²) in [6.07, 6.45) is 1.71. The van der Waals surface area contributed by atoms with E-state index in [-0.39, 0.29) is 6.79 Å². The van der Waals surface area contributed by atoms with E-state index in [4.69, 9.17) is 35.3 Å². The van der Waals surface area contributed by atoms with Crippen LogP contribution in [0.2, 0.25) is 5.02 Å². The van der Waals surface area contributed by atoms with Gasteiger partial charge in [-0.3, -0.25) is 4.79 Å². The summed E-state index contributed by atoms with van der Waals surface area (Å²) in [5.41, 5.74) is 1.12. The monoisotopic (exact) mass is 447 g/mol. The first-order valence-electron chi connectivity index (χ1n) is 9.50. The van der Waals surface area contributed by atoms with E-state index in [9.17, 15) is 9.59 Å². The minimum absolute atomic E-state index is 0.137. The predicted octanol–water partition coefficient (Wildman–Crippen LogP) is 4.06. The molecule has 0 fully saturated rings. The summed E-state index contributed by atoms with van der Waals surface area (Å²) in [6, 6.07) is 8.31. The average Bonchev–Trinajstić information content (AvgIpc) is 3.20. The van der Waals surface area contributed by atoms with Gasteiger partial charge in [-0.05, 0) is 49.8 Å². The fourth-order valence-electron chi connectivity index (χ4n) is 2.79. The molecule has 0 saturated carbocycles. The summed E-state index contributed by atoms with van der Waals surface area (Å²) in [5.74, 6) is 0.854. The normalized spacial score (nSPS) is 13.0. The van der Waals surface area contributed by atoms with E-state index in [1.807, 2.05) is 6.92 Å². The van der Waals surface area contributed by atoms with Gasteiger partial charge in [0.1, 0.15) is 0 Å². The zero-order chi connectivity index (χ0) is 22.4. The average molecular weight is 448 g/mol. The summed E-state index contributed by atoms with van der Waals surface area (Å²) in [6.45, 7) is 3.88. The lowest BCUT2D eigenvalue weighted by Gasteiger charge is -2.13. The highest BCUT2D eigenvalue weighted by Gasteiger charge is 2.19. The number of methoxy groups -OCH3 is 1. The first-order chi connectivity index (χ1) is 14.9. The van der Waals surface area contributed by atoms with Crippen molar-refractivity contribution in [1.29, 1.82) is 0 Å². The van der Waals surface area contributed by atoms with Gasteiger partial charge >= 0.3 is 5.97 Å². The van der Waals surface area contributed by atoms with Crippen LogP contribution in [0.25, 0.3) is 6.08 Å². The molecule has 1 amide bonds. The third-order valence-corrected chi connectivity index (χ3v) is 4.53. The Hall–Kier alpha value is -3.39. The molecule has 1 aliphatic rings.